The number of ether oxygens (including phenoxy) is 2. The van der Waals surface area contributed by atoms with Gasteiger partial charge in [-0.25, -0.2) is 0 Å². The van der Waals surface area contributed by atoms with Gasteiger partial charge in [-0.3, -0.25) is 19.4 Å². The Morgan fingerprint density at radius 2 is 1.00 bits per heavy atom. The summed E-state index contributed by atoms with van der Waals surface area (Å²) >= 11 is 0. The monoisotopic (exact) mass is 626 g/mol. The number of unbranched alkanes of at least 4 members (excludes halogenated alkanes) is 8. The molecule has 1 fully saturated rings. The highest BCUT2D eigenvalue weighted by molar-refractivity contribution is 5.70. The molecule has 1 aliphatic heterocycles. The summed E-state index contributed by atoms with van der Waals surface area (Å²) in [5.41, 5.74) is 0. The first-order valence-corrected chi connectivity index (χ1v) is 18.6. The minimum Gasteiger partial charge on any atom is -0.462 e. The molecule has 0 amide bonds. The number of hydrogen-bond acceptors (Lipinski definition) is 8. The maximum absolute atomic E-state index is 13.0. The van der Waals surface area contributed by atoms with Crippen molar-refractivity contribution in [3.8, 4) is 0 Å². The van der Waals surface area contributed by atoms with Crippen LogP contribution in [0.1, 0.15) is 143 Å². The van der Waals surface area contributed by atoms with Crippen molar-refractivity contribution >= 4 is 11.9 Å². The second kappa shape index (κ2) is 28.0. The first-order chi connectivity index (χ1) is 21.4. The topological polar surface area (TPSA) is 82.6 Å². The molecule has 2 atom stereocenters. The predicted octanol–water partition coefficient (Wildman–Crippen LogP) is 6.82. The van der Waals surface area contributed by atoms with E-state index in [1.807, 2.05) is 0 Å². The Morgan fingerprint density at radius 3 is 1.41 bits per heavy atom. The molecule has 1 aliphatic rings. The van der Waals surface area contributed by atoms with Gasteiger partial charge < -0.3 is 19.5 Å². The zero-order chi connectivity index (χ0) is 32.3. The Morgan fingerprint density at radius 1 is 0.591 bits per heavy atom. The molecule has 2 unspecified atom stereocenters. The summed E-state index contributed by atoms with van der Waals surface area (Å²) in [6.45, 7) is 16.6. The Hall–Kier alpha value is -1.22. The molecule has 44 heavy (non-hydrogen) atoms. The fourth-order valence-corrected chi connectivity index (χ4v) is 5.97. The van der Waals surface area contributed by atoms with Crippen molar-refractivity contribution in [1.29, 1.82) is 0 Å². The van der Waals surface area contributed by atoms with Gasteiger partial charge in [0.1, 0.15) is 12.2 Å². The molecule has 8 heteroatoms. The van der Waals surface area contributed by atoms with Crippen molar-refractivity contribution in [2.75, 3.05) is 65.5 Å². The van der Waals surface area contributed by atoms with Gasteiger partial charge in [-0.05, 0) is 38.5 Å². The van der Waals surface area contributed by atoms with Crippen LogP contribution in [0.3, 0.4) is 0 Å². The molecular weight excluding hydrogens is 554 g/mol. The van der Waals surface area contributed by atoms with Gasteiger partial charge in [0.05, 0.1) is 19.4 Å². The molecule has 8 nitrogen and oxygen atoms in total. The summed E-state index contributed by atoms with van der Waals surface area (Å²) in [6.07, 6.45) is 18.5. The summed E-state index contributed by atoms with van der Waals surface area (Å²) in [5, 5.41) is 9.25. The molecule has 1 saturated heterocycles. The van der Waals surface area contributed by atoms with Crippen LogP contribution in [-0.4, -0.2) is 109 Å². The van der Waals surface area contributed by atoms with E-state index in [4.69, 9.17) is 9.47 Å². The highest BCUT2D eigenvalue weighted by Gasteiger charge is 2.20. The van der Waals surface area contributed by atoms with Crippen molar-refractivity contribution in [2.45, 2.75) is 155 Å². The van der Waals surface area contributed by atoms with Gasteiger partial charge in [0.2, 0.25) is 0 Å². The van der Waals surface area contributed by atoms with E-state index in [9.17, 15) is 14.7 Å². The summed E-state index contributed by atoms with van der Waals surface area (Å²) in [4.78, 5) is 32.9. The highest BCUT2D eigenvalue weighted by atomic mass is 16.5. The number of carbonyl (C=O) groups is 2. The van der Waals surface area contributed by atoms with Gasteiger partial charge in [0.15, 0.2) is 0 Å². The number of esters is 2. The van der Waals surface area contributed by atoms with Crippen LogP contribution in [0, 0.1) is 0 Å². The molecule has 1 rings (SSSR count). The summed E-state index contributed by atoms with van der Waals surface area (Å²) < 4.78 is 12.0. The van der Waals surface area contributed by atoms with E-state index in [-0.39, 0.29) is 30.8 Å². The zero-order valence-corrected chi connectivity index (χ0v) is 29.4. The fraction of sp³-hybridized carbons (Fsp3) is 0.944. The second-order valence-corrected chi connectivity index (χ2v) is 13.0. The molecule has 1 N–H and O–H groups in total. The average molecular weight is 626 g/mol. The van der Waals surface area contributed by atoms with Crippen LogP contribution in [0.5, 0.6) is 0 Å². The number of aliphatic hydroxyl groups excluding tert-OH is 1. The normalized spacial score (nSPS) is 15.9. The van der Waals surface area contributed by atoms with E-state index in [0.717, 1.165) is 110 Å². The third kappa shape index (κ3) is 21.5. The second-order valence-electron chi connectivity index (χ2n) is 13.0. The first kappa shape index (κ1) is 40.8. The predicted molar refractivity (Wildman–Crippen MR) is 182 cm³/mol. The molecule has 0 radical (unpaired) electrons. The van der Waals surface area contributed by atoms with E-state index in [2.05, 4.69) is 42.4 Å². The Balaban J connectivity index is 2.68. The Labute approximate surface area is 271 Å². The van der Waals surface area contributed by atoms with Crippen molar-refractivity contribution < 1.29 is 24.2 Å². The van der Waals surface area contributed by atoms with E-state index in [1.165, 1.54) is 38.5 Å². The van der Waals surface area contributed by atoms with Gasteiger partial charge in [0, 0.05) is 58.9 Å². The largest absolute Gasteiger partial charge is 0.462 e. The number of hydrogen-bond donors (Lipinski definition) is 1. The van der Waals surface area contributed by atoms with Gasteiger partial charge >= 0.3 is 11.9 Å². The van der Waals surface area contributed by atoms with Crippen LogP contribution in [0.2, 0.25) is 0 Å². The summed E-state index contributed by atoms with van der Waals surface area (Å²) in [5.74, 6) is -0.225. The number of piperazine rings is 1. The Bertz CT molecular complexity index is 645. The van der Waals surface area contributed by atoms with Gasteiger partial charge in [-0.1, -0.05) is 91.9 Å². The van der Waals surface area contributed by atoms with Gasteiger partial charge in [0.25, 0.3) is 0 Å². The lowest BCUT2D eigenvalue weighted by Gasteiger charge is -2.35. The van der Waals surface area contributed by atoms with Crippen LogP contribution in [0.15, 0.2) is 0 Å². The number of rotatable bonds is 29. The highest BCUT2D eigenvalue weighted by Crippen LogP contribution is 2.17. The maximum atomic E-state index is 13.0. The molecular formula is C36H71N3O5. The molecule has 0 saturated carbocycles. The lowest BCUT2D eigenvalue weighted by molar-refractivity contribution is -0.150. The molecule has 0 spiro atoms. The van der Waals surface area contributed by atoms with Crippen molar-refractivity contribution in [3.63, 3.8) is 0 Å². The van der Waals surface area contributed by atoms with Crippen LogP contribution in [0.25, 0.3) is 0 Å². The maximum Gasteiger partial charge on any atom is 0.307 e. The molecule has 0 aromatic carbocycles. The van der Waals surface area contributed by atoms with Gasteiger partial charge in [-0.2, -0.15) is 0 Å². The number of aliphatic hydroxyl groups is 1. The van der Waals surface area contributed by atoms with E-state index < -0.39 is 0 Å². The zero-order valence-electron chi connectivity index (χ0n) is 29.4. The lowest BCUT2D eigenvalue weighted by Crippen LogP contribution is -2.49. The Kier molecular flexibility index (Phi) is 26.0. The number of β-amino-alcohol motifs (C(OH)–C–C–N with tert-alkyl or cyclic N) is 1. The van der Waals surface area contributed by atoms with Crippen molar-refractivity contribution in [2.24, 2.45) is 0 Å². The van der Waals surface area contributed by atoms with Crippen LogP contribution in [-0.2, 0) is 19.1 Å². The average Bonchev–Trinajstić information content (AvgIpc) is 3.02. The molecule has 1 heterocycles. The van der Waals surface area contributed by atoms with Crippen LogP contribution >= 0.6 is 0 Å². The number of carbonyl (C=O) groups excluding carboxylic acids is 2. The van der Waals surface area contributed by atoms with E-state index in [1.54, 1.807) is 0 Å². The molecule has 0 bridgehead atoms. The van der Waals surface area contributed by atoms with Crippen molar-refractivity contribution in [3.05, 3.63) is 0 Å². The standard InChI is InChI=1S/C36H71N3O5/c1-5-9-13-15-19-33(17-11-7-3)43-35(41)21-23-37(25-26-38-27-29-39(30-28-38)31-32-40)24-22-36(42)44-34(18-12-8-4)20-16-14-10-6-2/h33-34,40H,5-32H2,1-4H3. The smallest absolute Gasteiger partial charge is 0.307 e. The summed E-state index contributed by atoms with van der Waals surface area (Å²) in [6, 6.07) is 0. The molecule has 0 aliphatic carbocycles. The van der Waals surface area contributed by atoms with Crippen LogP contribution < -0.4 is 0 Å². The third-order valence-electron chi connectivity index (χ3n) is 8.99. The van der Waals surface area contributed by atoms with E-state index in [0.29, 0.717) is 25.9 Å². The summed E-state index contributed by atoms with van der Waals surface area (Å²) in [7, 11) is 0. The minimum absolute atomic E-state index is 0.0235. The quantitative estimate of drug-likeness (QED) is 0.0716. The molecule has 0 aromatic heterocycles. The SMILES string of the molecule is CCCCCCC(CCCC)OC(=O)CCN(CCC(=O)OC(CCCC)CCCCCC)CCN1CCN(CCO)CC1. The third-order valence-corrected chi connectivity index (χ3v) is 8.99. The molecule has 260 valence electrons. The van der Waals surface area contributed by atoms with E-state index >= 15 is 0 Å². The minimum atomic E-state index is -0.113. The first-order valence-electron chi connectivity index (χ1n) is 18.6. The van der Waals surface area contributed by atoms with Crippen molar-refractivity contribution in [1.82, 2.24) is 14.7 Å². The molecule has 0 aromatic rings. The van der Waals surface area contributed by atoms with Gasteiger partial charge in [-0.15, -0.1) is 0 Å². The fourth-order valence-electron chi connectivity index (χ4n) is 5.97. The lowest BCUT2D eigenvalue weighted by atomic mass is 10.0. The van der Waals surface area contributed by atoms with Crippen LogP contribution in [0.4, 0.5) is 0 Å². The number of nitrogens with zero attached hydrogens (tertiary/aromatic N) is 3.